The highest BCUT2D eigenvalue weighted by Crippen LogP contribution is 2.18. The van der Waals surface area contributed by atoms with Crippen molar-refractivity contribution in [2.75, 3.05) is 25.1 Å². The van der Waals surface area contributed by atoms with Gasteiger partial charge in [0.25, 0.3) is 0 Å². The first-order valence-corrected chi connectivity index (χ1v) is 4.29. The Kier molecular flexibility index (Phi) is 2.23. The summed E-state index contributed by atoms with van der Waals surface area (Å²) in [6, 6.07) is 3.80. The molecule has 0 spiro atoms. The van der Waals surface area contributed by atoms with Gasteiger partial charge in [-0.15, -0.1) is 0 Å². The number of ether oxygens (including phenoxy) is 1. The van der Waals surface area contributed by atoms with E-state index in [1.807, 2.05) is 12.1 Å². The lowest BCUT2D eigenvalue weighted by molar-refractivity contribution is 0.0783. The van der Waals surface area contributed by atoms with Crippen LogP contribution in [-0.4, -0.2) is 39.1 Å². The molecule has 0 unspecified atom stereocenters. The normalized spacial score (nSPS) is 17.2. The molecule has 0 atom stereocenters. The summed E-state index contributed by atoms with van der Waals surface area (Å²) < 4.78 is 5.17. The van der Waals surface area contributed by atoms with Crippen molar-refractivity contribution in [1.29, 1.82) is 0 Å². The van der Waals surface area contributed by atoms with Gasteiger partial charge in [-0.1, -0.05) is 11.5 Å². The highest BCUT2D eigenvalue weighted by Gasteiger charge is 2.26. The summed E-state index contributed by atoms with van der Waals surface area (Å²) in [5.41, 5.74) is 0.701. The summed E-state index contributed by atoms with van der Waals surface area (Å²) in [6.45, 7) is 1.85. The van der Waals surface area contributed by atoms with Crippen molar-refractivity contribution in [2.45, 2.75) is 6.10 Å². The van der Waals surface area contributed by atoms with Gasteiger partial charge in [0.05, 0.1) is 6.10 Å². The Hall–Kier alpha value is -1.03. The number of aromatic nitrogens is 1. The maximum absolute atomic E-state index is 5.53. The van der Waals surface area contributed by atoms with E-state index in [9.17, 15) is 0 Å². The van der Waals surface area contributed by atoms with Crippen molar-refractivity contribution in [3.63, 3.8) is 0 Å². The molecule has 0 aromatic carbocycles. The average molecular weight is 174 g/mol. The van der Waals surface area contributed by atoms with Crippen LogP contribution in [0.5, 0.6) is 0 Å². The quantitative estimate of drug-likeness (QED) is 0.576. The van der Waals surface area contributed by atoms with Gasteiger partial charge in [-0.3, -0.25) is 0 Å². The molecule has 1 fully saturated rings. The molecular formula is C9H11BN2O. The molecule has 1 aromatic heterocycles. The molecule has 1 aromatic rings. The van der Waals surface area contributed by atoms with Crippen LogP contribution in [0, 0.1) is 0 Å². The second-order valence-electron chi connectivity index (χ2n) is 3.21. The van der Waals surface area contributed by atoms with E-state index in [2.05, 4.69) is 9.88 Å². The summed E-state index contributed by atoms with van der Waals surface area (Å²) in [4.78, 5) is 6.37. The van der Waals surface area contributed by atoms with Crippen LogP contribution in [0.1, 0.15) is 0 Å². The number of methoxy groups -OCH3 is 1. The summed E-state index contributed by atoms with van der Waals surface area (Å²) in [7, 11) is 7.27. The Morgan fingerprint density at radius 1 is 1.54 bits per heavy atom. The summed E-state index contributed by atoms with van der Waals surface area (Å²) in [5.74, 6) is 0.975. The largest absolute Gasteiger partial charge is 0.378 e. The SMILES string of the molecule is [B]c1ccc(N2CC(OC)C2)nc1. The van der Waals surface area contributed by atoms with E-state index in [1.54, 1.807) is 13.3 Å². The summed E-state index contributed by atoms with van der Waals surface area (Å²) in [6.07, 6.45) is 2.04. The molecule has 1 aliphatic rings. The van der Waals surface area contributed by atoms with Crippen LogP contribution in [0.15, 0.2) is 18.3 Å². The average Bonchev–Trinajstić information content (AvgIpc) is 2.06. The first kappa shape index (κ1) is 8.57. The van der Waals surface area contributed by atoms with Gasteiger partial charge in [-0.25, -0.2) is 4.98 Å². The summed E-state index contributed by atoms with van der Waals surface area (Å²) >= 11 is 0. The van der Waals surface area contributed by atoms with Crippen molar-refractivity contribution in [1.82, 2.24) is 4.98 Å². The minimum absolute atomic E-state index is 0.361. The van der Waals surface area contributed by atoms with Gasteiger partial charge in [-0.05, 0) is 6.07 Å². The maximum atomic E-state index is 5.53. The van der Waals surface area contributed by atoms with Gasteiger partial charge in [0, 0.05) is 26.4 Å². The third-order valence-corrected chi connectivity index (χ3v) is 2.28. The number of rotatable bonds is 2. The lowest BCUT2D eigenvalue weighted by atomic mass is 9.99. The maximum Gasteiger partial charge on any atom is 0.128 e. The van der Waals surface area contributed by atoms with E-state index in [0.29, 0.717) is 11.6 Å². The van der Waals surface area contributed by atoms with E-state index >= 15 is 0 Å². The van der Waals surface area contributed by atoms with Crippen molar-refractivity contribution in [3.05, 3.63) is 18.3 Å². The lowest BCUT2D eigenvalue weighted by Gasteiger charge is -2.38. The Bertz CT molecular complexity index is 282. The van der Waals surface area contributed by atoms with Gasteiger partial charge < -0.3 is 9.64 Å². The fraction of sp³-hybridized carbons (Fsp3) is 0.444. The lowest BCUT2D eigenvalue weighted by Crippen LogP contribution is -2.52. The molecule has 3 nitrogen and oxygen atoms in total. The van der Waals surface area contributed by atoms with Crippen molar-refractivity contribution in [2.24, 2.45) is 0 Å². The number of hydrogen-bond acceptors (Lipinski definition) is 3. The van der Waals surface area contributed by atoms with Crippen LogP contribution in [0.3, 0.4) is 0 Å². The smallest absolute Gasteiger partial charge is 0.128 e. The standard InChI is InChI=1S/C9H11BN2O/c1-13-8-5-12(6-8)9-3-2-7(10)4-11-9/h2-4,8H,5-6H2,1H3. The van der Waals surface area contributed by atoms with Gasteiger partial charge in [0.15, 0.2) is 0 Å². The molecule has 0 N–H and O–H groups in total. The molecule has 2 heterocycles. The van der Waals surface area contributed by atoms with Gasteiger partial charge in [-0.2, -0.15) is 0 Å². The number of hydrogen-bond donors (Lipinski definition) is 0. The number of pyridine rings is 1. The van der Waals surface area contributed by atoms with Crippen LogP contribution >= 0.6 is 0 Å². The predicted octanol–water partition coefficient (Wildman–Crippen LogP) is -0.290. The highest BCUT2D eigenvalue weighted by molar-refractivity contribution is 6.32. The minimum Gasteiger partial charge on any atom is -0.378 e. The third kappa shape index (κ3) is 1.67. The minimum atomic E-state index is 0.361. The van der Waals surface area contributed by atoms with E-state index in [1.165, 1.54) is 0 Å². The van der Waals surface area contributed by atoms with Crippen molar-refractivity contribution < 1.29 is 4.74 Å². The van der Waals surface area contributed by atoms with Crippen LogP contribution in [-0.2, 0) is 4.74 Å². The van der Waals surface area contributed by atoms with E-state index in [0.717, 1.165) is 18.9 Å². The second-order valence-corrected chi connectivity index (χ2v) is 3.21. The van der Waals surface area contributed by atoms with Crippen LogP contribution < -0.4 is 10.4 Å². The van der Waals surface area contributed by atoms with Gasteiger partial charge in [0.1, 0.15) is 13.7 Å². The zero-order valence-corrected chi connectivity index (χ0v) is 7.60. The molecule has 2 rings (SSSR count). The van der Waals surface area contributed by atoms with E-state index in [4.69, 9.17) is 12.6 Å². The van der Waals surface area contributed by atoms with Crippen LogP contribution in [0.4, 0.5) is 5.82 Å². The second kappa shape index (κ2) is 3.38. The first-order valence-electron chi connectivity index (χ1n) is 4.29. The fourth-order valence-corrected chi connectivity index (χ4v) is 1.36. The van der Waals surface area contributed by atoms with Crippen molar-refractivity contribution >= 4 is 19.1 Å². The fourth-order valence-electron chi connectivity index (χ4n) is 1.36. The molecule has 13 heavy (non-hydrogen) atoms. The zero-order valence-electron chi connectivity index (χ0n) is 7.60. The molecule has 0 saturated carbocycles. The Morgan fingerprint density at radius 3 is 2.85 bits per heavy atom. The predicted molar refractivity (Wildman–Crippen MR) is 52.6 cm³/mol. The molecule has 66 valence electrons. The van der Waals surface area contributed by atoms with Crippen molar-refractivity contribution in [3.8, 4) is 0 Å². The van der Waals surface area contributed by atoms with Gasteiger partial charge in [0.2, 0.25) is 0 Å². The zero-order chi connectivity index (χ0) is 9.26. The Labute approximate surface area is 79.1 Å². The Balaban J connectivity index is 1.99. The van der Waals surface area contributed by atoms with Crippen LogP contribution in [0.25, 0.3) is 0 Å². The van der Waals surface area contributed by atoms with Gasteiger partial charge >= 0.3 is 0 Å². The molecule has 1 aliphatic heterocycles. The molecule has 1 saturated heterocycles. The van der Waals surface area contributed by atoms with E-state index < -0.39 is 0 Å². The first-order chi connectivity index (χ1) is 6.29. The molecular weight excluding hydrogens is 163 g/mol. The topological polar surface area (TPSA) is 25.4 Å². The molecule has 0 amide bonds. The highest BCUT2D eigenvalue weighted by atomic mass is 16.5. The molecule has 0 aliphatic carbocycles. The van der Waals surface area contributed by atoms with Crippen LogP contribution in [0.2, 0.25) is 0 Å². The monoisotopic (exact) mass is 174 g/mol. The third-order valence-electron chi connectivity index (χ3n) is 2.28. The molecule has 4 heteroatoms. The van der Waals surface area contributed by atoms with E-state index in [-0.39, 0.29) is 0 Å². The Morgan fingerprint density at radius 2 is 2.31 bits per heavy atom. The molecule has 0 bridgehead atoms. The molecule has 2 radical (unpaired) electrons. The number of anilines is 1. The summed E-state index contributed by atoms with van der Waals surface area (Å²) in [5, 5.41) is 0. The number of nitrogens with zero attached hydrogens (tertiary/aromatic N) is 2.